The first-order valence-corrected chi connectivity index (χ1v) is 8.19. The zero-order chi connectivity index (χ0) is 14.8. The Morgan fingerprint density at radius 1 is 1.25 bits per heavy atom. The highest BCUT2D eigenvalue weighted by Gasteiger charge is 2.27. The van der Waals surface area contributed by atoms with E-state index in [4.69, 9.17) is 4.74 Å². The Bertz CT molecular complexity index is 575. The van der Waals surface area contributed by atoms with Crippen LogP contribution in [-0.2, 0) is 21.4 Å². The van der Waals surface area contributed by atoms with Crippen LogP contribution >= 0.6 is 0 Å². The number of aliphatic hydroxyl groups excluding tert-OH is 1. The minimum atomic E-state index is -3.53. The lowest BCUT2D eigenvalue weighted by Gasteiger charge is -2.21. The van der Waals surface area contributed by atoms with Crippen molar-refractivity contribution >= 4 is 10.0 Å². The molecule has 0 unspecified atom stereocenters. The highest BCUT2D eigenvalue weighted by molar-refractivity contribution is 7.89. The van der Waals surface area contributed by atoms with Gasteiger partial charge in [0.1, 0.15) is 0 Å². The minimum Gasteiger partial charge on any atom is -0.392 e. The van der Waals surface area contributed by atoms with Gasteiger partial charge in [-0.25, -0.2) is 8.42 Å². The maximum absolute atomic E-state index is 12.8. The summed E-state index contributed by atoms with van der Waals surface area (Å²) in [5.74, 6) is 0. The van der Waals surface area contributed by atoms with E-state index >= 15 is 0 Å². The van der Waals surface area contributed by atoms with Crippen molar-refractivity contribution in [3.05, 3.63) is 28.8 Å². The van der Waals surface area contributed by atoms with Gasteiger partial charge in [-0.05, 0) is 43.0 Å². The standard InChI is InChI=1S/C14H21NO4S/c1-11-8-13(10-16)9-14(12(11)2)20(17,18)15-4-3-6-19-7-5-15/h8-9,16H,3-7,10H2,1-2H3. The number of ether oxygens (including phenoxy) is 1. The van der Waals surface area contributed by atoms with Crippen LogP contribution in [0.1, 0.15) is 23.1 Å². The Kier molecular flexibility index (Phi) is 4.80. The van der Waals surface area contributed by atoms with Crippen LogP contribution in [0.15, 0.2) is 17.0 Å². The van der Waals surface area contributed by atoms with E-state index in [2.05, 4.69) is 0 Å². The Morgan fingerprint density at radius 2 is 2.00 bits per heavy atom. The fraction of sp³-hybridized carbons (Fsp3) is 0.571. The summed E-state index contributed by atoms with van der Waals surface area (Å²) in [6.07, 6.45) is 0.705. The summed E-state index contributed by atoms with van der Waals surface area (Å²) >= 11 is 0. The minimum absolute atomic E-state index is 0.160. The van der Waals surface area contributed by atoms with Crippen LogP contribution in [0.4, 0.5) is 0 Å². The van der Waals surface area contributed by atoms with Gasteiger partial charge in [0, 0.05) is 19.7 Å². The quantitative estimate of drug-likeness (QED) is 0.911. The molecule has 1 N–H and O–H groups in total. The molecule has 0 bridgehead atoms. The number of aryl methyl sites for hydroxylation is 1. The Balaban J connectivity index is 2.45. The largest absolute Gasteiger partial charge is 0.392 e. The highest BCUT2D eigenvalue weighted by atomic mass is 32.2. The Labute approximate surface area is 120 Å². The van der Waals surface area contributed by atoms with Crippen LogP contribution in [0, 0.1) is 13.8 Å². The van der Waals surface area contributed by atoms with Gasteiger partial charge in [-0.15, -0.1) is 0 Å². The molecule has 2 rings (SSSR count). The lowest BCUT2D eigenvalue weighted by molar-refractivity contribution is 0.148. The summed E-state index contributed by atoms with van der Waals surface area (Å²) in [6, 6.07) is 3.39. The first kappa shape index (κ1) is 15.4. The third-order valence-corrected chi connectivity index (χ3v) is 5.69. The van der Waals surface area contributed by atoms with Gasteiger partial charge in [0.05, 0.1) is 18.1 Å². The summed E-state index contributed by atoms with van der Waals surface area (Å²) in [4.78, 5) is 0.295. The van der Waals surface area contributed by atoms with Crippen molar-refractivity contribution in [2.45, 2.75) is 31.8 Å². The number of hydrogen-bond acceptors (Lipinski definition) is 4. The van der Waals surface area contributed by atoms with Crippen molar-refractivity contribution in [1.29, 1.82) is 0 Å². The third kappa shape index (κ3) is 3.03. The molecular formula is C14H21NO4S. The molecule has 0 saturated carbocycles. The van der Waals surface area contributed by atoms with Gasteiger partial charge in [-0.1, -0.05) is 6.07 Å². The van der Waals surface area contributed by atoms with Gasteiger partial charge in [-0.2, -0.15) is 4.31 Å². The van der Waals surface area contributed by atoms with E-state index in [9.17, 15) is 13.5 Å². The van der Waals surface area contributed by atoms with Gasteiger partial charge in [0.15, 0.2) is 0 Å². The second-order valence-electron chi connectivity index (χ2n) is 5.06. The van der Waals surface area contributed by atoms with Gasteiger partial charge in [0.2, 0.25) is 10.0 Å². The molecule has 0 aromatic heterocycles. The van der Waals surface area contributed by atoms with Crippen molar-refractivity contribution in [1.82, 2.24) is 4.31 Å². The molecule has 0 radical (unpaired) electrons. The Hall–Kier alpha value is -0.950. The van der Waals surface area contributed by atoms with E-state index in [-0.39, 0.29) is 6.61 Å². The van der Waals surface area contributed by atoms with Gasteiger partial charge in [-0.3, -0.25) is 0 Å². The van der Waals surface area contributed by atoms with Gasteiger partial charge in [0.25, 0.3) is 0 Å². The second kappa shape index (κ2) is 6.22. The third-order valence-electron chi connectivity index (χ3n) is 3.66. The zero-order valence-electron chi connectivity index (χ0n) is 11.9. The molecule has 6 heteroatoms. The molecule has 112 valence electrons. The molecule has 5 nitrogen and oxygen atoms in total. The normalized spacial score (nSPS) is 17.9. The number of nitrogens with zero attached hydrogens (tertiary/aromatic N) is 1. The molecule has 0 aliphatic carbocycles. The number of aliphatic hydroxyl groups is 1. The summed E-state index contributed by atoms with van der Waals surface area (Å²) in [6.45, 7) is 5.38. The van der Waals surface area contributed by atoms with Crippen molar-refractivity contribution in [3.63, 3.8) is 0 Å². The number of rotatable bonds is 3. The fourth-order valence-electron chi connectivity index (χ4n) is 2.36. The smallest absolute Gasteiger partial charge is 0.243 e. The molecule has 1 aliphatic rings. The van der Waals surface area contributed by atoms with Gasteiger partial charge >= 0.3 is 0 Å². The molecule has 1 aromatic carbocycles. The number of hydrogen-bond donors (Lipinski definition) is 1. The van der Waals surface area contributed by atoms with Crippen LogP contribution in [-0.4, -0.2) is 44.1 Å². The average molecular weight is 299 g/mol. The summed E-state index contributed by atoms with van der Waals surface area (Å²) in [5.41, 5.74) is 2.24. The summed E-state index contributed by atoms with van der Waals surface area (Å²) < 4.78 is 32.3. The maximum Gasteiger partial charge on any atom is 0.243 e. The van der Waals surface area contributed by atoms with Crippen LogP contribution < -0.4 is 0 Å². The maximum atomic E-state index is 12.8. The number of benzene rings is 1. The summed E-state index contributed by atoms with van der Waals surface area (Å²) in [7, 11) is -3.53. The van der Waals surface area contributed by atoms with E-state index in [0.29, 0.717) is 43.2 Å². The molecule has 0 amide bonds. The fourth-order valence-corrected chi connectivity index (χ4v) is 4.17. The first-order chi connectivity index (χ1) is 9.46. The van der Waals surface area contributed by atoms with Crippen LogP contribution in [0.25, 0.3) is 0 Å². The zero-order valence-corrected chi connectivity index (χ0v) is 12.7. The topological polar surface area (TPSA) is 66.8 Å². The SMILES string of the molecule is Cc1cc(CO)cc(S(=O)(=O)N2CCCOCC2)c1C. The monoisotopic (exact) mass is 299 g/mol. The predicted octanol–water partition coefficient (Wildman–Crippen LogP) is 1.21. The van der Waals surface area contributed by atoms with Crippen molar-refractivity contribution in [2.24, 2.45) is 0 Å². The Morgan fingerprint density at radius 3 is 2.70 bits per heavy atom. The van der Waals surface area contributed by atoms with E-state index in [1.54, 1.807) is 13.0 Å². The van der Waals surface area contributed by atoms with Crippen LogP contribution in [0.5, 0.6) is 0 Å². The van der Waals surface area contributed by atoms with Crippen LogP contribution in [0.3, 0.4) is 0 Å². The van der Waals surface area contributed by atoms with E-state index in [1.165, 1.54) is 4.31 Å². The van der Waals surface area contributed by atoms with E-state index in [0.717, 1.165) is 11.1 Å². The lowest BCUT2D eigenvalue weighted by Crippen LogP contribution is -2.33. The molecule has 0 spiro atoms. The van der Waals surface area contributed by atoms with Crippen LogP contribution in [0.2, 0.25) is 0 Å². The highest BCUT2D eigenvalue weighted by Crippen LogP contribution is 2.25. The molecule has 20 heavy (non-hydrogen) atoms. The van der Waals surface area contributed by atoms with Gasteiger partial charge < -0.3 is 9.84 Å². The van der Waals surface area contributed by atoms with E-state index < -0.39 is 10.0 Å². The molecule has 1 saturated heterocycles. The molecule has 1 aromatic rings. The van der Waals surface area contributed by atoms with Crippen molar-refractivity contribution in [2.75, 3.05) is 26.3 Å². The first-order valence-electron chi connectivity index (χ1n) is 6.75. The molecule has 1 heterocycles. The van der Waals surface area contributed by atoms with E-state index in [1.807, 2.05) is 13.0 Å². The molecule has 1 fully saturated rings. The number of sulfonamides is 1. The molecular weight excluding hydrogens is 278 g/mol. The predicted molar refractivity (Wildman–Crippen MR) is 76.0 cm³/mol. The molecule has 0 atom stereocenters. The van der Waals surface area contributed by atoms with Crippen molar-refractivity contribution in [3.8, 4) is 0 Å². The molecule has 1 aliphatic heterocycles. The lowest BCUT2D eigenvalue weighted by atomic mass is 10.1. The summed E-state index contributed by atoms with van der Waals surface area (Å²) in [5, 5.41) is 9.27. The second-order valence-corrected chi connectivity index (χ2v) is 6.97. The average Bonchev–Trinajstić information content (AvgIpc) is 2.70. The van der Waals surface area contributed by atoms with Crippen molar-refractivity contribution < 1.29 is 18.3 Å².